The van der Waals surface area contributed by atoms with Crippen LogP contribution >= 0.6 is 0 Å². The number of hydrogen-bond donors (Lipinski definition) is 0. The van der Waals surface area contributed by atoms with Crippen molar-refractivity contribution in [3.05, 3.63) is 59.9 Å². The van der Waals surface area contributed by atoms with Gasteiger partial charge in [0.15, 0.2) is 0 Å². The van der Waals surface area contributed by atoms with Crippen LogP contribution in [0, 0.1) is 0 Å². The van der Waals surface area contributed by atoms with Gasteiger partial charge in [-0.05, 0) is 42.8 Å². The molecule has 0 spiro atoms. The number of benzene rings is 2. The summed E-state index contributed by atoms with van der Waals surface area (Å²) in [5.74, 6) is 1.28. The van der Waals surface area contributed by atoms with E-state index < -0.39 is 5.97 Å². The Balaban J connectivity index is 1.60. The zero-order chi connectivity index (χ0) is 19.9. The lowest BCUT2D eigenvalue weighted by molar-refractivity contribution is -0.139. The Morgan fingerprint density at radius 3 is 2.68 bits per heavy atom. The molecule has 0 bridgehead atoms. The number of ether oxygens (including phenoxy) is 4. The second-order valence-corrected chi connectivity index (χ2v) is 6.40. The summed E-state index contributed by atoms with van der Waals surface area (Å²) in [4.78, 5) is 13.9. The smallest absolute Gasteiger partial charge is 0.373 e. The number of fused-ring (bicyclic) bond motifs is 1. The van der Waals surface area contributed by atoms with E-state index in [1.54, 1.807) is 6.08 Å². The minimum Gasteiger partial charge on any atom is -0.490 e. The molecular weight excluding hydrogens is 358 g/mol. The van der Waals surface area contributed by atoms with E-state index >= 15 is 0 Å². The van der Waals surface area contributed by atoms with Gasteiger partial charge in [-0.3, -0.25) is 0 Å². The number of hydrogen-bond acceptors (Lipinski definition) is 6. The molecule has 2 aromatic rings. The van der Waals surface area contributed by atoms with E-state index in [1.807, 2.05) is 62.5 Å². The maximum absolute atomic E-state index is 11.7. The van der Waals surface area contributed by atoms with Crippen molar-refractivity contribution in [1.29, 1.82) is 0 Å². The van der Waals surface area contributed by atoms with E-state index in [0.29, 0.717) is 13.2 Å². The highest BCUT2D eigenvalue weighted by atomic mass is 16.6. The SMILES string of the molecule is CCO/C(=C\c1ccc(OCC2CN(C)c3ccccc3O2)cc1)C(=O)OC. The summed E-state index contributed by atoms with van der Waals surface area (Å²) in [6, 6.07) is 15.4. The highest BCUT2D eigenvalue weighted by Crippen LogP contribution is 2.32. The molecule has 1 atom stereocenters. The minimum atomic E-state index is -0.499. The zero-order valence-electron chi connectivity index (χ0n) is 16.4. The first-order valence-corrected chi connectivity index (χ1v) is 9.23. The zero-order valence-corrected chi connectivity index (χ0v) is 16.4. The summed E-state index contributed by atoms with van der Waals surface area (Å²) in [7, 11) is 3.38. The summed E-state index contributed by atoms with van der Waals surface area (Å²) in [5.41, 5.74) is 1.91. The molecule has 148 valence electrons. The van der Waals surface area contributed by atoms with Gasteiger partial charge in [-0.25, -0.2) is 4.79 Å². The first kappa shape index (κ1) is 19.6. The number of carbonyl (C=O) groups excluding carboxylic acids is 1. The third-order valence-electron chi connectivity index (χ3n) is 4.35. The summed E-state index contributed by atoms with van der Waals surface area (Å²) in [6.07, 6.45) is 1.60. The molecule has 2 aromatic carbocycles. The van der Waals surface area contributed by atoms with Gasteiger partial charge in [0.05, 0.1) is 25.9 Å². The van der Waals surface area contributed by atoms with Gasteiger partial charge in [0.25, 0.3) is 0 Å². The van der Waals surface area contributed by atoms with Gasteiger partial charge in [-0.2, -0.15) is 0 Å². The Morgan fingerprint density at radius 2 is 1.96 bits per heavy atom. The molecular formula is C22H25NO5. The van der Waals surface area contributed by atoms with Crippen LogP contribution in [0.4, 0.5) is 5.69 Å². The van der Waals surface area contributed by atoms with Gasteiger partial charge in [-0.1, -0.05) is 24.3 Å². The molecule has 1 heterocycles. The maximum atomic E-state index is 11.7. The quantitative estimate of drug-likeness (QED) is 0.414. The molecule has 1 aliphatic heterocycles. The average molecular weight is 383 g/mol. The Morgan fingerprint density at radius 1 is 1.21 bits per heavy atom. The van der Waals surface area contributed by atoms with E-state index in [2.05, 4.69) is 4.90 Å². The number of methoxy groups -OCH3 is 1. The number of carbonyl (C=O) groups is 1. The van der Waals surface area contributed by atoms with Gasteiger partial charge < -0.3 is 23.8 Å². The van der Waals surface area contributed by atoms with Crippen molar-refractivity contribution >= 4 is 17.7 Å². The van der Waals surface area contributed by atoms with Gasteiger partial charge in [0.1, 0.15) is 24.2 Å². The van der Waals surface area contributed by atoms with Gasteiger partial charge >= 0.3 is 5.97 Å². The number of anilines is 1. The minimum absolute atomic E-state index is 0.0525. The molecule has 0 saturated heterocycles. The van der Waals surface area contributed by atoms with E-state index in [1.165, 1.54) is 7.11 Å². The van der Waals surface area contributed by atoms with Crippen LogP contribution in [0.1, 0.15) is 12.5 Å². The van der Waals surface area contributed by atoms with Crippen LogP contribution < -0.4 is 14.4 Å². The molecule has 3 rings (SSSR count). The first-order valence-electron chi connectivity index (χ1n) is 9.23. The number of rotatable bonds is 7. The predicted molar refractivity (Wildman–Crippen MR) is 108 cm³/mol. The molecule has 0 radical (unpaired) electrons. The van der Waals surface area contributed by atoms with Crippen LogP contribution in [0.2, 0.25) is 0 Å². The third kappa shape index (κ3) is 4.76. The standard InChI is InChI=1S/C22H25NO5/c1-4-26-21(22(24)25-3)13-16-9-11-17(12-10-16)27-15-18-14-23(2)19-7-5-6-8-20(19)28-18/h5-13,18H,4,14-15H2,1-3H3/b21-13-. The molecule has 0 aliphatic carbocycles. The van der Waals surface area contributed by atoms with Gasteiger partial charge in [0, 0.05) is 7.05 Å². The van der Waals surface area contributed by atoms with Crippen molar-refractivity contribution in [2.45, 2.75) is 13.0 Å². The molecule has 28 heavy (non-hydrogen) atoms. The van der Waals surface area contributed by atoms with Crippen molar-refractivity contribution in [2.75, 3.05) is 38.8 Å². The highest BCUT2D eigenvalue weighted by molar-refractivity contribution is 5.91. The topological polar surface area (TPSA) is 57.2 Å². The van der Waals surface area contributed by atoms with Crippen LogP contribution in [-0.2, 0) is 14.3 Å². The van der Waals surface area contributed by atoms with Crippen LogP contribution in [0.25, 0.3) is 6.08 Å². The fraction of sp³-hybridized carbons (Fsp3) is 0.318. The Labute approximate surface area is 165 Å². The van der Waals surface area contributed by atoms with Crippen LogP contribution in [0.15, 0.2) is 54.3 Å². The maximum Gasteiger partial charge on any atom is 0.373 e. The molecule has 1 unspecified atom stereocenters. The second-order valence-electron chi connectivity index (χ2n) is 6.40. The normalized spacial score (nSPS) is 16.0. The van der Waals surface area contributed by atoms with Crippen molar-refractivity contribution in [3.8, 4) is 11.5 Å². The predicted octanol–water partition coefficient (Wildman–Crippen LogP) is 3.51. The van der Waals surface area contributed by atoms with Gasteiger partial charge in [0.2, 0.25) is 5.76 Å². The fourth-order valence-corrected chi connectivity index (χ4v) is 3.00. The summed E-state index contributed by atoms with van der Waals surface area (Å²) in [5, 5.41) is 0. The molecule has 6 heteroatoms. The first-order chi connectivity index (χ1) is 13.6. The van der Waals surface area contributed by atoms with Crippen LogP contribution in [-0.4, -0.2) is 46.0 Å². The monoisotopic (exact) mass is 383 g/mol. The third-order valence-corrected chi connectivity index (χ3v) is 4.35. The van der Waals surface area contributed by atoms with Gasteiger partial charge in [-0.15, -0.1) is 0 Å². The lowest BCUT2D eigenvalue weighted by atomic mass is 10.2. The van der Waals surface area contributed by atoms with Crippen LogP contribution in [0.5, 0.6) is 11.5 Å². The lowest BCUT2D eigenvalue weighted by Crippen LogP contribution is -2.41. The number of likely N-dealkylation sites (N-methyl/N-ethyl adjacent to an activating group) is 1. The second kappa shape index (κ2) is 9.17. The lowest BCUT2D eigenvalue weighted by Gasteiger charge is -2.33. The molecule has 1 aliphatic rings. The van der Waals surface area contributed by atoms with Crippen molar-refractivity contribution in [2.24, 2.45) is 0 Å². The van der Waals surface area contributed by atoms with Crippen LogP contribution in [0.3, 0.4) is 0 Å². The molecule has 0 fully saturated rings. The molecule has 6 nitrogen and oxygen atoms in total. The Kier molecular flexibility index (Phi) is 6.42. The molecule has 0 aromatic heterocycles. The number of nitrogens with zero attached hydrogens (tertiary/aromatic N) is 1. The van der Waals surface area contributed by atoms with Crippen molar-refractivity contribution < 1.29 is 23.7 Å². The fourth-order valence-electron chi connectivity index (χ4n) is 3.00. The molecule has 0 saturated carbocycles. The Bertz CT molecular complexity index is 831. The highest BCUT2D eigenvalue weighted by Gasteiger charge is 2.23. The van der Waals surface area contributed by atoms with Crippen molar-refractivity contribution in [3.63, 3.8) is 0 Å². The summed E-state index contributed by atoms with van der Waals surface area (Å²) >= 11 is 0. The Hall–Kier alpha value is -3.15. The van der Waals surface area contributed by atoms with E-state index in [0.717, 1.165) is 29.3 Å². The number of para-hydroxylation sites is 2. The van der Waals surface area contributed by atoms with E-state index in [-0.39, 0.29) is 11.9 Å². The summed E-state index contributed by atoms with van der Waals surface area (Å²) in [6.45, 7) is 3.41. The number of esters is 1. The van der Waals surface area contributed by atoms with Crippen molar-refractivity contribution in [1.82, 2.24) is 0 Å². The van der Waals surface area contributed by atoms with E-state index in [9.17, 15) is 4.79 Å². The van der Waals surface area contributed by atoms with E-state index in [4.69, 9.17) is 18.9 Å². The molecule has 0 N–H and O–H groups in total. The average Bonchev–Trinajstić information content (AvgIpc) is 2.72. The summed E-state index contributed by atoms with van der Waals surface area (Å²) < 4.78 is 22.0. The largest absolute Gasteiger partial charge is 0.490 e. The molecule has 0 amide bonds.